The number of aliphatic carboxylic acids is 1. The molecule has 4 N–H and O–H groups in total. The lowest BCUT2D eigenvalue weighted by atomic mass is 10.3. The molecule has 7 heteroatoms. The highest BCUT2D eigenvalue weighted by atomic mass is 16.5. The summed E-state index contributed by atoms with van der Waals surface area (Å²) in [5.74, 6) is -1.71. The normalized spacial score (nSPS) is 9.68. The van der Waals surface area contributed by atoms with Crippen molar-refractivity contribution in [3.63, 3.8) is 0 Å². The van der Waals surface area contributed by atoms with Crippen LogP contribution in [0.15, 0.2) is 24.3 Å². The lowest BCUT2D eigenvalue weighted by molar-refractivity contribution is -0.139. The van der Waals surface area contributed by atoms with Crippen LogP contribution in [0.3, 0.4) is 0 Å². The van der Waals surface area contributed by atoms with Crippen molar-refractivity contribution in [3.05, 3.63) is 24.3 Å². The molecule has 0 saturated carbocycles. The maximum absolute atomic E-state index is 11.2. The van der Waals surface area contributed by atoms with E-state index in [1.807, 2.05) is 0 Å². The number of carboxylic acid groups (broad SMARTS) is 1. The average molecular weight is 266 g/mol. The number of carboxylic acids is 1. The largest absolute Gasteiger partial charge is 0.493 e. The zero-order chi connectivity index (χ0) is 14.3. The zero-order valence-electron chi connectivity index (χ0n) is 10.1. The highest BCUT2D eigenvalue weighted by Crippen LogP contribution is 2.15. The lowest BCUT2D eigenvalue weighted by Gasteiger charge is -2.07. The molecule has 0 fully saturated rings. The van der Waals surface area contributed by atoms with Gasteiger partial charge < -0.3 is 20.9 Å². The fourth-order valence-electron chi connectivity index (χ4n) is 1.25. The summed E-state index contributed by atoms with van der Waals surface area (Å²) in [6.07, 6.45) is -0.464. The van der Waals surface area contributed by atoms with Crippen molar-refractivity contribution in [3.8, 4) is 5.75 Å². The second kappa shape index (κ2) is 7.00. The first-order chi connectivity index (χ1) is 8.97. The molecule has 0 heterocycles. The number of benzene rings is 1. The first-order valence-electron chi connectivity index (χ1n) is 5.50. The van der Waals surface area contributed by atoms with E-state index in [4.69, 9.17) is 15.6 Å². The lowest BCUT2D eigenvalue weighted by Crippen LogP contribution is -2.16. The molecule has 0 bridgehead atoms. The summed E-state index contributed by atoms with van der Waals surface area (Å²) in [4.78, 5) is 32.0. The predicted molar refractivity (Wildman–Crippen MR) is 66.6 cm³/mol. The molecule has 0 aliphatic heterocycles. The first-order valence-corrected chi connectivity index (χ1v) is 5.50. The third kappa shape index (κ3) is 6.06. The molecule has 1 aromatic carbocycles. The Morgan fingerprint density at radius 2 is 1.84 bits per heavy atom. The van der Waals surface area contributed by atoms with Crippen molar-refractivity contribution in [2.45, 2.75) is 12.8 Å². The van der Waals surface area contributed by atoms with Gasteiger partial charge in [0.25, 0.3) is 0 Å². The number of hydrogen-bond acceptors (Lipinski definition) is 4. The van der Waals surface area contributed by atoms with Crippen LogP contribution in [0.2, 0.25) is 0 Å². The molecule has 1 aromatic rings. The van der Waals surface area contributed by atoms with Crippen molar-refractivity contribution in [1.82, 2.24) is 0 Å². The number of carbonyl (C=O) groups excluding carboxylic acids is 2. The standard InChI is InChI=1S/C12H14N2O5/c13-10(15)5-6-19-9-3-1-8(2-4-9)14-11(16)7-12(17)18/h1-4H,5-7H2,(H2,13,15)(H,14,16)(H,17,18). The Labute approximate surface area is 109 Å². The molecule has 0 aromatic heterocycles. The van der Waals surface area contributed by atoms with Gasteiger partial charge in [-0.3, -0.25) is 14.4 Å². The highest BCUT2D eigenvalue weighted by molar-refractivity contribution is 6.01. The Kier molecular flexibility index (Phi) is 5.34. The first kappa shape index (κ1) is 14.5. The fourth-order valence-corrected chi connectivity index (χ4v) is 1.25. The van der Waals surface area contributed by atoms with Crippen LogP contribution in [0.4, 0.5) is 5.69 Å². The summed E-state index contributed by atoms with van der Waals surface area (Å²) in [6, 6.07) is 6.33. The van der Waals surface area contributed by atoms with E-state index in [2.05, 4.69) is 5.32 Å². The highest BCUT2D eigenvalue weighted by Gasteiger charge is 2.07. The number of carbonyl (C=O) groups is 3. The third-order valence-corrected chi connectivity index (χ3v) is 2.07. The SMILES string of the molecule is NC(=O)CCOc1ccc(NC(=O)CC(=O)O)cc1. The molecule has 0 atom stereocenters. The summed E-state index contributed by atoms with van der Waals surface area (Å²) in [5.41, 5.74) is 5.43. The maximum Gasteiger partial charge on any atom is 0.312 e. The van der Waals surface area contributed by atoms with Crippen molar-refractivity contribution >= 4 is 23.5 Å². The molecule has 1 rings (SSSR count). The van der Waals surface area contributed by atoms with Gasteiger partial charge in [-0.25, -0.2) is 0 Å². The summed E-state index contributed by atoms with van der Waals surface area (Å²) in [6.45, 7) is 0.181. The minimum Gasteiger partial charge on any atom is -0.493 e. The van der Waals surface area contributed by atoms with Gasteiger partial charge in [-0.2, -0.15) is 0 Å². The van der Waals surface area contributed by atoms with Crippen LogP contribution in [-0.2, 0) is 14.4 Å². The Hall–Kier alpha value is -2.57. The van der Waals surface area contributed by atoms with Crippen LogP contribution in [0.5, 0.6) is 5.75 Å². The van der Waals surface area contributed by atoms with Crippen molar-refractivity contribution < 1.29 is 24.2 Å². The molecule has 0 radical (unpaired) electrons. The minimum atomic E-state index is -1.19. The molecule has 0 unspecified atom stereocenters. The van der Waals surface area contributed by atoms with Crippen molar-refractivity contribution in [2.24, 2.45) is 5.73 Å². The molecule has 2 amide bonds. The quantitative estimate of drug-likeness (QED) is 0.615. The monoisotopic (exact) mass is 266 g/mol. The van der Waals surface area contributed by atoms with E-state index in [0.29, 0.717) is 11.4 Å². The number of amides is 2. The van der Waals surface area contributed by atoms with Crippen molar-refractivity contribution in [2.75, 3.05) is 11.9 Å². The van der Waals surface area contributed by atoms with Gasteiger partial charge in [-0.05, 0) is 24.3 Å². The molecule has 19 heavy (non-hydrogen) atoms. The summed E-state index contributed by atoms with van der Waals surface area (Å²) in [7, 11) is 0. The van der Waals surface area contributed by atoms with Gasteiger partial charge in [0.05, 0.1) is 13.0 Å². The van der Waals surface area contributed by atoms with Crippen LogP contribution >= 0.6 is 0 Å². The Morgan fingerprint density at radius 3 is 2.37 bits per heavy atom. The number of rotatable bonds is 7. The van der Waals surface area contributed by atoms with Gasteiger partial charge in [0.1, 0.15) is 12.2 Å². The number of primary amides is 1. The Balaban J connectivity index is 2.45. The van der Waals surface area contributed by atoms with Crippen LogP contribution < -0.4 is 15.8 Å². The number of anilines is 1. The van der Waals surface area contributed by atoms with Gasteiger partial charge >= 0.3 is 5.97 Å². The summed E-state index contributed by atoms with van der Waals surface area (Å²) >= 11 is 0. The van der Waals surface area contributed by atoms with Crippen molar-refractivity contribution in [1.29, 1.82) is 0 Å². The van der Waals surface area contributed by atoms with E-state index in [-0.39, 0.29) is 13.0 Å². The number of hydrogen-bond donors (Lipinski definition) is 3. The molecule has 0 aliphatic carbocycles. The van der Waals surface area contributed by atoms with E-state index in [1.54, 1.807) is 24.3 Å². The Bertz CT molecular complexity index is 470. The smallest absolute Gasteiger partial charge is 0.312 e. The zero-order valence-corrected chi connectivity index (χ0v) is 10.1. The summed E-state index contributed by atoms with van der Waals surface area (Å²) < 4.78 is 5.23. The fraction of sp³-hybridized carbons (Fsp3) is 0.250. The number of nitrogens with one attached hydrogen (secondary N) is 1. The molecular formula is C12H14N2O5. The predicted octanol–water partition coefficient (Wildman–Crippen LogP) is 0.354. The van der Waals surface area contributed by atoms with E-state index in [1.165, 1.54) is 0 Å². The average Bonchev–Trinajstić information content (AvgIpc) is 2.29. The third-order valence-electron chi connectivity index (χ3n) is 2.07. The van der Waals surface area contributed by atoms with Gasteiger partial charge in [-0.15, -0.1) is 0 Å². The van der Waals surface area contributed by atoms with E-state index in [9.17, 15) is 14.4 Å². The van der Waals surface area contributed by atoms with Crippen LogP contribution in [0, 0.1) is 0 Å². The molecule has 102 valence electrons. The summed E-state index contributed by atoms with van der Waals surface area (Å²) in [5, 5.41) is 10.9. The van der Waals surface area contributed by atoms with Gasteiger partial charge in [0.15, 0.2) is 0 Å². The maximum atomic E-state index is 11.2. The number of nitrogens with two attached hydrogens (primary N) is 1. The van der Waals surface area contributed by atoms with Gasteiger partial charge in [0, 0.05) is 5.69 Å². The Morgan fingerprint density at radius 1 is 1.21 bits per heavy atom. The number of ether oxygens (including phenoxy) is 1. The molecule has 0 aliphatic rings. The molecule has 0 spiro atoms. The van der Waals surface area contributed by atoms with Gasteiger partial charge in [-0.1, -0.05) is 0 Å². The van der Waals surface area contributed by atoms with Gasteiger partial charge in [0.2, 0.25) is 11.8 Å². The van der Waals surface area contributed by atoms with E-state index < -0.39 is 24.2 Å². The second-order valence-corrected chi connectivity index (χ2v) is 3.71. The molecule has 7 nitrogen and oxygen atoms in total. The van der Waals surface area contributed by atoms with Crippen LogP contribution in [0.1, 0.15) is 12.8 Å². The second-order valence-electron chi connectivity index (χ2n) is 3.71. The van der Waals surface area contributed by atoms with Crippen LogP contribution in [0.25, 0.3) is 0 Å². The van der Waals surface area contributed by atoms with E-state index in [0.717, 1.165) is 0 Å². The van der Waals surface area contributed by atoms with Crippen LogP contribution in [-0.4, -0.2) is 29.5 Å². The molecule has 0 saturated heterocycles. The minimum absolute atomic E-state index is 0.122. The van der Waals surface area contributed by atoms with E-state index >= 15 is 0 Å². The topological polar surface area (TPSA) is 119 Å². The molecular weight excluding hydrogens is 252 g/mol.